The van der Waals surface area contributed by atoms with Crippen molar-refractivity contribution in [3.63, 3.8) is 0 Å². The van der Waals surface area contributed by atoms with E-state index in [-0.39, 0.29) is 23.3 Å². The highest BCUT2D eigenvalue weighted by Crippen LogP contribution is 3.00. The molecular weight excluding hydrogens is 482 g/mol. The average molecular weight is 514 g/mol. The van der Waals surface area contributed by atoms with Crippen molar-refractivity contribution in [1.82, 2.24) is 0 Å². The van der Waals surface area contributed by atoms with Gasteiger partial charge in [0, 0.05) is 4.90 Å². The molecule has 3 rings (SSSR count). The van der Waals surface area contributed by atoms with Crippen LogP contribution in [-0.2, 0) is 26.2 Å². The molecule has 2 heterocycles. The van der Waals surface area contributed by atoms with Crippen molar-refractivity contribution in [3.8, 4) is 0 Å². The summed E-state index contributed by atoms with van der Waals surface area (Å²) in [5.41, 5.74) is 1.18. The largest absolute Gasteiger partial charge is 0.417 e. The number of alkyl halides is 3. The Morgan fingerprint density at radius 3 is 2.27 bits per heavy atom. The van der Waals surface area contributed by atoms with Crippen LogP contribution in [0.3, 0.4) is 0 Å². The van der Waals surface area contributed by atoms with Gasteiger partial charge in [0.25, 0.3) is 5.79 Å². The number of hydrogen-bond acceptors (Lipinski definition) is 8. The van der Waals surface area contributed by atoms with E-state index < -0.39 is 42.8 Å². The minimum absolute atomic E-state index is 0.0915. The van der Waals surface area contributed by atoms with E-state index in [1.807, 2.05) is 0 Å². The molecule has 33 heavy (non-hydrogen) atoms. The highest BCUT2D eigenvalue weighted by atomic mass is 32.2. The first-order valence-corrected chi connectivity index (χ1v) is 13.6. The lowest BCUT2D eigenvalue weighted by Crippen LogP contribution is -2.68. The van der Waals surface area contributed by atoms with Crippen LogP contribution in [0.5, 0.6) is 0 Å². The third-order valence-corrected chi connectivity index (χ3v) is 9.20. The molecule has 12 heteroatoms. The number of rotatable bonds is 14. The number of aliphatic hydroxyl groups is 3. The third kappa shape index (κ3) is 5.30. The van der Waals surface area contributed by atoms with Crippen LogP contribution in [0.25, 0.3) is 0 Å². The lowest BCUT2D eigenvalue weighted by Gasteiger charge is -2.38. The number of benzene rings is 1. The Morgan fingerprint density at radius 1 is 1.12 bits per heavy atom. The van der Waals surface area contributed by atoms with Crippen molar-refractivity contribution in [3.05, 3.63) is 29.3 Å². The predicted molar refractivity (Wildman–Crippen MR) is 118 cm³/mol. The van der Waals surface area contributed by atoms with Gasteiger partial charge < -0.3 is 21.1 Å². The van der Waals surface area contributed by atoms with Gasteiger partial charge in [-0.2, -0.15) is 13.2 Å². The standard InChI is InChI=1S/C21H31F3NO6PS/c1-2-3-4-5-6-7-12-33-17-9-8-15(13-16(17)19(22,23)24)10-11-18(25,14-26)20(27,28)21-30-32(21,29)31-21/h8-9,13,26-28H,2-7,10-12,14,25H2,1H3. The maximum Gasteiger partial charge on any atom is 0.417 e. The van der Waals surface area contributed by atoms with E-state index in [2.05, 4.69) is 16.0 Å². The fraction of sp³-hybridized carbons (Fsp3) is 0.714. The van der Waals surface area contributed by atoms with Crippen molar-refractivity contribution in [2.75, 3.05) is 12.4 Å². The van der Waals surface area contributed by atoms with E-state index in [0.29, 0.717) is 5.75 Å². The molecule has 7 nitrogen and oxygen atoms in total. The van der Waals surface area contributed by atoms with Crippen LogP contribution in [0.2, 0.25) is 0 Å². The second-order valence-electron chi connectivity index (χ2n) is 8.69. The molecule has 188 valence electrons. The van der Waals surface area contributed by atoms with Crippen LogP contribution in [-0.4, -0.2) is 44.5 Å². The average Bonchev–Trinajstić information content (AvgIpc) is 3.56. The van der Waals surface area contributed by atoms with Gasteiger partial charge in [-0.3, -0.25) is 13.6 Å². The molecule has 2 aliphatic rings. The molecule has 2 fully saturated rings. The lowest BCUT2D eigenvalue weighted by molar-refractivity contribution is -0.290. The molecule has 1 atom stereocenters. The summed E-state index contributed by atoms with van der Waals surface area (Å²) in [6.07, 6.45) is 1.39. The lowest BCUT2D eigenvalue weighted by atomic mass is 9.84. The predicted octanol–water partition coefficient (Wildman–Crippen LogP) is 4.37. The second kappa shape index (κ2) is 9.78. The van der Waals surface area contributed by atoms with Gasteiger partial charge >= 0.3 is 19.3 Å². The molecule has 5 N–H and O–H groups in total. The molecule has 0 radical (unpaired) electrons. The van der Waals surface area contributed by atoms with Crippen LogP contribution in [0.4, 0.5) is 13.2 Å². The maximum absolute atomic E-state index is 13.7. The van der Waals surface area contributed by atoms with Crippen molar-refractivity contribution < 1.29 is 42.1 Å². The Balaban J connectivity index is 1.63. The summed E-state index contributed by atoms with van der Waals surface area (Å²) in [6, 6.07) is 3.95. The van der Waals surface area contributed by atoms with Gasteiger partial charge in [0.2, 0.25) is 0 Å². The molecule has 1 aromatic rings. The van der Waals surface area contributed by atoms with E-state index in [1.54, 1.807) is 0 Å². The number of thioether (sulfide) groups is 1. The van der Waals surface area contributed by atoms with E-state index in [4.69, 9.17) is 5.73 Å². The van der Waals surface area contributed by atoms with Gasteiger partial charge in [0.15, 0.2) is 0 Å². The molecule has 2 saturated heterocycles. The molecule has 0 saturated carbocycles. The quantitative estimate of drug-likeness (QED) is 0.0949. The van der Waals surface area contributed by atoms with E-state index in [1.165, 1.54) is 30.3 Å². The van der Waals surface area contributed by atoms with Gasteiger partial charge in [-0.15, -0.1) is 11.8 Å². The topological polar surface area (TPSA) is 129 Å². The van der Waals surface area contributed by atoms with Crippen molar-refractivity contribution >= 4 is 19.4 Å². The normalized spacial score (nSPS) is 26.1. The summed E-state index contributed by atoms with van der Waals surface area (Å²) in [4.78, 5) is 0.136. The summed E-state index contributed by atoms with van der Waals surface area (Å²) >= 11 is 1.17. The van der Waals surface area contributed by atoms with E-state index in [9.17, 15) is 33.1 Å². The minimum Gasteiger partial charge on any atom is -0.394 e. The summed E-state index contributed by atoms with van der Waals surface area (Å²) in [6.45, 7) is 1.19. The van der Waals surface area contributed by atoms with Gasteiger partial charge in [0.1, 0.15) is 0 Å². The first-order chi connectivity index (χ1) is 15.4. The van der Waals surface area contributed by atoms with Crippen molar-refractivity contribution in [2.45, 2.75) is 86.2 Å². The van der Waals surface area contributed by atoms with Gasteiger partial charge in [-0.05, 0) is 42.7 Å². The zero-order valence-electron chi connectivity index (χ0n) is 18.4. The number of hydrogen-bond donors (Lipinski definition) is 4. The Hall–Kier alpha value is -0.650. The van der Waals surface area contributed by atoms with Crippen LogP contribution in [0, 0.1) is 0 Å². The molecule has 0 spiro atoms. The Labute approximate surface area is 195 Å². The zero-order valence-corrected chi connectivity index (χ0v) is 20.1. The maximum atomic E-state index is 13.7. The number of halogens is 3. The summed E-state index contributed by atoms with van der Waals surface area (Å²) in [5.74, 6) is -2.38. The van der Waals surface area contributed by atoms with Crippen LogP contribution >= 0.6 is 19.4 Å². The smallest absolute Gasteiger partial charge is 0.394 e. The van der Waals surface area contributed by atoms with E-state index in [0.717, 1.165) is 38.2 Å². The number of aryl methyl sites for hydroxylation is 1. The molecular formula is C21H31F3NO6PS. The molecule has 2 aliphatic heterocycles. The second-order valence-corrected chi connectivity index (χ2v) is 11.8. The molecule has 0 amide bonds. The molecule has 1 aromatic carbocycles. The zero-order chi connectivity index (χ0) is 24.5. The van der Waals surface area contributed by atoms with Gasteiger partial charge in [-0.25, -0.2) is 0 Å². The summed E-state index contributed by atoms with van der Waals surface area (Å²) in [7, 11) is -3.58. The molecule has 0 aliphatic carbocycles. The first-order valence-electron chi connectivity index (χ1n) is 11.0. The first kappa shape index (κ1) is 26.9. The third-order valence-electron chi connectivity index (χ3n) is 6.17. The summed E-state index contributed by atoms with van der Waals surface area (Å²) in [5, 5.41) is 30.5. The minimum atomic E-state index is -4.55. The fourth-order valence-corrected chi connectivity index (χ4v) is 6.71. The Morgan fingerprint density at radius 2 is 1.73 bits per heavy atom. The fourth-order valence-electron chi connectivity index (χ4n) is 3.80. The Bertz CT molecular complexity index is 889. The van der Waals surface area contributed by atoms with Crippen molar-refractivity contribution in [1.29, 1.82) is 0 Å². The molecule has 1 unspecified atom stereocenters. The molecule has 0 aromatic heterocycles. The number of fused-ring (bicyclic) bond motifs is 1. The Kier molecular flexibility index (Phi) is 7.98. The number of nitrogens with two attached hydrogens (primary N) is 1. The van der Waals surface area contributed by atoms with Gasteiger partial charge in [-0.1, -0.05) is 45.1 Å². The number of aliphatic hydroxyl groups excluding tert-OH is 1. The van der Waals surface area contributed by atoms with E-state index >= 15 is 0 Å². The van der Waals surface area contributed by atoms with Gasteiger partial charge in [0.05, 0.1) is 17.7 Å². The highest BCUT2D eigenvalue weighted by molar-refractivity contribution is 7.99. The molecule has 0 bridgehead atoms. The SMILES string of the molecule is CCCCCCCCSc1ccc(CCC(N)(CO)C(O)(O)C23OP2(=O)O3)cc1C(F)(F)F. The highest BCUT2D eigenvalue weighted by Gasteiger charge is 3.01. The van der Waals surface area contributed by atoms with Crippen LogP contribution in [0.15, 0.2) is 23.1 Å². The number of unbranched alkanes of at least 4 members (excludes halogenated alkanes) is 5. The van der Waals surface area contributed by atoms with Crippen molar-refractivity contribution in [2.24, 2.45) is 5.73 Å². The van der Waals surface area contributed by atoms with Crippen LogP contribution < -0.4 is 5.73 Å². The summed E-state index contributed by atoms with van der Waals surface area (Å²) < 4.78 is 62.1. The van der Waals surface area contributed by atoms with Crippen LogP contribution in [0.1, 0.15) is 63.0 Å². The monoisotopic (exact) mass is 513 g/mol.